The number of ether oxygens (including phenoxy) is 2. The maximum atomic E-state index is 12.5. The second kappa shape index (κ2) is 8.68. The summed E-state index contributed by atoms with van der Waals surface area (Å²) in [4.78, 5) is 28.9. The van der Waals surface area contributed by atoms with Gasteiger partial charge in [-0.1, -0.05) is 18.2 Å². The van der Waals surface area contributed by atoms with Crippen molar-refractivity contribution in [3.05, 3.63) is 78.1 Å². The van der Waals surface area contributed by atoms with E-state index in [9.17, 15) is 9.59 Å². The number of carbonyl (C=O) groups excluding carboxylic acids is 2. The summed E-state index contributed by atoms with van der Waals surface area (Å²) in [6.45, 7) is 0. The number of nitrogens with one attached hydrogen (secondary N) is 2. The van der Waals surface area contributed by atoms with Crippen molar-refractivity contribution in [2.75, 3.05) is 24.9 Å². The van der Waals surface area contributed by atoms with Gasteiger partial charge < -0.3 is 20.1 Å². The molecule has 3 aromatic rings. The zero-order chi connectivity index (χ0) is 19.9. The predicted octanol–water partition coefficient (Wildman–Crippen LogP) is 3.60. The van der Waals surface area contributed by atoms with Crippen molar-refractivity contribution in [1.29, 1.82) is 0 Å². The molecule has 28 heavy (non-hydrogen) atoms. The zero-order valence-corrected chi connectivity index (χ0v) is 15.4. The molecular formula is C21H19N3O4. The average Bonchev–Trinajstić information content (AvgIpc) is 2.74. The fraction of sp³-hybridized carbons (Fsp3) is 0.0952. The molecule has 2 N–H and O–H groups in total. The number of amides is 2. The van der Waals surface area contributed by atoms with Gasteiger partial charge in [0.1, 0.15) is 0 Å². The molecule has 0 spiro atoms. The number of nitrogens with zero attached hydrogens (tertiary/aromatic N) is 1. The van der Waals surface area contributed by atoms with Crippen molar-refractivity contribution in [2.45, 2.75) is 0 Å². The molecule has 0 bridgehead atoms. The van der Waals surface area contributed by atoms with Crippen molar-refractivity contribution in [2.24, 2.45) is 0 Å². The van der Waals surface area contributed by atoms with Gasteiger partial charge in [0.05, 0.1) is 25.3 Å². The summed E-state index contributed by atoms with van der Waals surface area (Å²) >= 11 is 0. The van der Waals surface area contributed by atoms with Crippen LogP contribution in [0.1, 0.15) is 20.7 Å². The van der Waals surface area contributed by atoms with Crippen LogP contribution >= 0.6 is 0 Å². The topological polar surface area (TPSA) is 89.5 Å². The molecule has 1 aromatic heterocycles. The maximum absolute atomic E-state index is 12.5. The van der Waals surface area contributed by atoms with E-state index in [1.807, 2.05) is 18.2 Å². The summed E-state index contributed by atoms with van der Waals surface area (Å²) in [5, 5.41) is 5.51. The molecule has 0 saturated heterocycles. The molecule has 0 fully saturated rings. The number of hydrogen-bond donors (Lipinski definition) is 2. The van der Waals surface area contributed by atoms with Crippen molar-refractivity contribution in [3.63, 3.8) is 0 Å². The van der Waals surface area contributed by atoms with Crippen molar-refractivity contribution in [3.8, 4) is 11.5 Å². The molecule has 0 unspecified atom stereocenters. The molecule has 0 aliphatic heterocycles. The molecule has 0 aliphatic carbocycles. The molecule has 0 radical (unpaired) electrons. The Morgan fingerprint density at radius 2 is 1.36 bits per heavy atom. The predicted molar refractivity (Wildman–Crippen MR) is 106 cm³/mol. The first-order chi connectivity index (χ1) is 13.6. The van der Waals surface area contributed by atoms with E-state index >= 15 is 0 Å². The number of anilines is 2. The standard InChI is InChI=1S/C21H19N3O4/c1-27-18-9-8-17(11-19(18)28-2)24-21(26)15-10-14(12-22-13-15)20(25)23-16-6-4-3-5-7-16/h3-13H,1-2H3,(H,23,25)(H,24,26). The van der Waals surface area contributed by atoms with Crippen LogP contribution < -0.4 is 20.1 Å². The van der Waals surface area contributed by atoms with Gasteiger partial charge in [-0.2, -0.15) is 0 Å². The lowest BCUT2D eigenvalue weighted by Crippen LogP contribution is -2.16. The number of aromatic nitrogens is 1. The molecule has 0 saturated carbocycles. The van der Waals surface area contributed by atoms with Gasteiger partial charge in [0, 0.05) is 29.8 Å². The fourth-order valence-electron chi connectivity index (χ4n) is 2.53. The lowest BCUT2D eigenvalue weighted by Gasteiger charge is -2.11. The van der Waals surface area contributed by atoms with Crippen molar-refractivity contribution in [1.82, 2.24) is 4.98 Å². The van der Waals surface area contributed by atoms with Crippen LogP contribution in [0.5, 0.6) is 11.5 Å². The van der Waals surface area contributed by atoms with Gasteiger partial charge in [0.15, 0.2) is 11.5 Å². The van der Waals surface area contributed by atoms with E-state index in [1.165, 1.54) is 32.7 Å². The SMILES string of the molecule is COc1ccc(NC(=O)c2cncc(C(=O)Nc3ccccc3)c2)cc1OC. The first-order valence-electron chi connectivity index (χ1n) is 8.45. The van der Waals surface area contributed by atoms with Crippen LogP contribution in [-0.4, -0.2) is 31.0 Å². The van der Waals surface area contributed by atoms with E-state index in [4.69, 9.17) is 9.47 Å². The van der Waals surface area contributed by atoms with Gasteiger partial charge in [-0.25, -0.2) is 0 Å². The Morgan fingerprint density at radius 1 is 0.750 bits per heavy atom. The third-order valence-corrected chi connectivity index (χ3v) is 3.94. The third-order valence-electron chi connectivity index (χ3n) is 3.94. The minimum absolute atomic E-state index is 0.260. The minimum atomic E-state index is -0.394. The Kier molecular flexibility index (Phi) is 5.86. The van der Waals surface area contributed by atoms with Gasteiger partial charge in [0.2, 0.25) is 0 Å². The van der Waals surface area contributed by atoms with Crippen molar-refractivity contribution >= 4 is 23.2 Å². The molecule has 142 valence electrons. The molecule has 1 heterocycles. The Morgan fingerprint density at radius 3 is 1.96 bits per heavy atom. The lowest BCUT2D eigenvalue weighted by molar-refractivity contribution is 0.102. The number of para-hydroxylation sites is 1. The molecule has 7 nitrogen and oxygen atoms in total. The second-order valence-electron chi connectivity index (χ2n) is 5.81. The summed E-state index contributed by atoms with van der Waals surface area (Å²) in [7, 11) is 3.05. The van der Waals surface area contributed by atoms with Gasteiger partial charge in [-0.3, -0.25) is 14.6 Å². The maximum Gasteiger partial charge on any atom is 0.257 e. The molecule has 7 heteroatoms. The first kappa shape index (κ1) is 18.9. The molecule has 0 atom stereocenters. The highest BCUT2D eigenvalue weighted by Gasteiger charge is 2.13. The van der Waals surface area contributed by atoms with Crippen LogP contribution in [0.15, 0.2) is 67.0 Å². The number of methoxy groups -OCH3 is 2. The first-order valence-corrected chi connectivity index (χ1v) is 8.45. The highest BCUT2D eigenvalue weighted by Crippen LogP contribution is 2.29. The van der Waals surface area contributed by atoms with Gasteiger partial charge >= 0.3 is 0 Å². The molecule has 3 rings (SSSR count). The van der Waals surface area contributed by atoms with Crippen molar-refractivity contribution < 1.29 is 19.1 Å². The minimum Gasteiger partial charge on any atom is -0.493 e. The summed E-state index contributed by atoms with van der Waals surface area (Å²) in [6, 6.07) is 15.6. The summed E-state index contributed by atoms with van der Waals surface area (Å²) in [5.41, 5.74) is 1.73. The van der Waals surface area contributed by atoms with Crippen LogP contribution in [0.4, 0.5) is 11.4 Å². The highest BCUT2D eigenvalue weighted by molar-refractivity contribution is 6.08. The lowest BCUT2D eigenvalue weighted by atomic mass is 10.1. The zero-order valence-electron chi connectivity index (χ0n) is 15.4. The van der Waals surface area contributed by atoms with Crippen LogP contribution in [-0.2, 0) is 0 Å². The number of hydrogen-bond acceptors (Lipinski definition) is 5. The Balaban J connectivity index is 1.74. The van der Waals surface area contributed by atoms with Gasteiger partial charge in [-0.05, 0) is 30.3 Å². The fourth-order valence-corrected chi connectivity index (χ4v) is 2.53. The summed E-state index contributed by atoms with van der Waals surface area (Å²) in [5.74, 6) is 0.310. The number of carbonyl (C=O) groups is 2. The number of pyridine rings is 1. The van der Waals surface area contributed by atoms with Crippen LogP contribution in [0.3, 0.4) is 0 Å². The van der Waals surface area contributed by atoms with Gasteiger partial charge in [0.25, 0.3) is 11.8 Å². The largest absolute Gasteiger partial charge is 0.493 e. The van der Waals surface area contributed by atoms with Crippen LogP contribution in [0.2, 0.25) is 0 Å². The smallest absolute Gasteiger partial charge is 0.257 e. The second-order valence-corrected chi connectivity index (χ2v) is 5.81. The van der Waals surface area contributed by atoms with E-state index in [1.54, 1.807) is 30.3 Å². The van der Waals surface area contributed by atoms with Crippen LogP contribution in [0, 0.1) is 0 Å². The quantitative estimate of drug-likeness (QED) is 0.685. The van der Waals surface area contributed by atoms with Crippen LogP contribution in [0.25, 0.3) is 0 Å². The Bertz CT molecular complexity index is 990. The Labute approximate surface area is 162 Å². The van der Waals surface area contributed by atoms with E-state index in [0.29, 0.717) is 22.9 Å². The molecular weight excluding hydrogens is 358 g/mol. The van der Waals surface area contributed by atoms with E-state index in [0.717, 1.165) is 0 Å². The van der Waals surface area contributed by atoms with E-state index in [-0.39, 0.29) is 17.0 Å². The van der Waals surface area contributed by atoms with E-state index in [2.05, 4.69) is 15.6 Å². The average molecular weight is 377 g/mol. The Hall–Kier alpha value is -3.87. The number of benzene rings is 2. The monoisotopic (exact) mass is 377 g/mol. The molecule has 0 aliphatic rings. The van der Waals surface area contributed by atoms with Gasteiger partial charge in [-0.15, -0.1) is 0 Å². The summed E-state index contributed by atoms with van der Waals surface area (Å²) in [6.07, 6.45) is 2.81. The molecule has 2 amide bonds. The highest BCUT2D eigenvalue weighted by atomic mass is 16.5. The third kappa shape index (κ3) is 4.45. The molecule has 2 aromatic carbocycles. The normalized spacial score (nSPS) is 10.1. The number of rotatable bonds is 6. The van der Waals surface area contributed by atoms with E-state index < -0.39 is 5.91 Å². The summed E-state index contributed by atoms with van der Waals surface area (Å²) < 4.78 is 10.4.